The van der Waals surface area contributed by atoms with Crippen molar-refractivity contribution < 1.29 is 13.9 Å². The summed E-state index contributed by atoms with van der Waals surface area (Å²) in [6.45, 7) is 0. The van der Waals surface area contributed by atoms with Gasteiger partial charge in [0.15, 0.2) is 0 Å². The highest BCUT2D eigenvalue weighted by Gasteiger charge is 2.20. The number of aliphatic hydroxyl groups excluding tert-OH is 1. The van der Waals surface area contributed by atoms with E-state index in [1.165, 1.54) is 6.07 Å². The molecule has 1 aromatic carbocycles. The summed E-state index contributed by atoms with van der Waals surface area (Å²) in [5.41, 5.74) is -0.178. The Labute approximate surface area is 124 Å². The van der Waals surface area contributed by atoms with E-state index in [0.29, 0.717) is 13.7 Å². The number of thiophene rings is 1. The van der Waals surface area contributed by atoms with Crippen LogP contribution in [0, 0.1) is 11.6 Å². The lowest BCUT2D eigenvalue weighted by Gasteiger charge is -2.10. The Morgan fingerprint density at radius 2 is 1.78 bits per heavy atom. The van der Waals surface area contributed by atoms with Gasteiger partial charge in [-0.3, -0.25) is 0 Å². The van der Waals surface area contributed by atoms with Gasteiger partial charge in [0.1, 0.15) is 17.7 Å². The second-order valence-corrected chi connectivity index (χ2v) is 6.68. The zero-order valence-corrected chi connectivity index (χ0v) is 12.5. The van der Waals surface area contributed by atoms with Crippen LogP contribution in [0.3, 0.4) is 0 Å². The first-order valence-electron chi connectivity index (χ1n) is 4.67. The number of hydrogen-bond acceptors (Lipinski definition) is 2. The van der Waals surface area contributed by atoms with Crippen molar-refractivity contribution in [1.29, 1.82) is 0 Å². The van der Waals surface area contributed by atoms with Crippen molar-refractivity contribution in [2.24, 2.45) is 0 Å². The molecule has 1 N–H and O–H groups in total. The first-order valence-corrected chi connectivity index (χ1v) is 7.04. The largest absolute Gasteiger partial charge is 0.383 e. The van der Waals surface area contributed by atoms with E-state index in [1.54, 1.807) is 0 Å². The molecule has 0 aliphatic rings. The summed E-state index contributed by atoms with van der Waals surface area (Å²) < 4.78 is 27.5. The summed E-state index contributed by atoms with van der Waals surface area (Å²) in [4.78, 5) is 0.410. The Morgan fingerprint density at radius 3 is 2.33 bits per heavy atom. The van der Waals surface area contributed by atoms with Crippen molar-refractivity contribution in [2.75, 3.05) is 0 Å². The number of halogens is 5. The van der Waals surface area contributed by atoms with Gasteiger partial charge in [0, 0.05) is 10.4 Å². The Kier molecular flexibility index (Phi) is 4.29. The quantitative estimate of drug-likeness (QED) is 0.719. The van der Waals surface area contributed by atoms with Gasteiger partial charge in [-0.25, -0.2) is 8.78 Å². The van der Waals surface area contributed by atoms with E-state index in [4.69, 9.17) is 23.2 Å². The molecule has 1 aromatic heterocycles. The van der Waals surface area contributed by atoms with E-state index in [1.807, 2.05) is 0 Å². The van der Waals surface area contributed by atoms with Crippen LogP contribution >= 0.6 is 50.5 Å². The van der Waals surface area contributed by atoms with Gasteiger partial charge in [-0.05, 0) is 34.1 Å². The lowest BCUT2D eigenvalue weighted by Crippen LogP contribution is -2.01. The molecule has 96 valence electrons. The van der Waals surface area contributed by atoms with Crippen LogP contribution in [0.4, 0.5) is 8.78 Å². The summed E-state index contributed by atoms with van der Waals surface area (Å²) in [5, 5.41) is 10.1. The van der Waals surface area contributed by atoms with Gasteiger partial charge < -0.3 is 5.11 Å². The summed E-state index contributed by atoms with van der Waals surface area (Å²) in [6.07, 6.45) is -1.29. The van der Waals surface area contributed by atoms with Gasteiger partial charge >= 0.3 is 0 Å². The second-order valence-electron chi connectivity index (χ2n) is 3.46. The van der Waals surface area contributed by atoms with Crippen molar-refractivity contribution in [3.05, 3.63) is 54.1 Å². The lowest BCUT2D eigenvalue weighted by atomic mass is 10.1. The zero-order valence-electron chi connectivity index (χ0n) is 8.55. The van der Waals surface area contributed by atoms with E-state index < -0.39 is 17.7 Å². The van der Waals surface area contributed by atoms with Crippen molar-refractivity contribution >= 4 is 50.5 Å². The highest BCUT2D eigenvalue weighted by Crippen LogP contribution is 2.38. The smallest absolute Gasteiger partial charge is 0.142 e. The molecule has 0 aliphatic heterocycles. The van der Waals surface area contributed by atoms with Crippen LogP contribution in [-0.2, 0) is 0 Å². The number of benzene rings is 1. The second kappa shape index (κ2) is 5.43. The predicted molar refractivity (Wildman–Crippen MR) is 72.5 cm³/mol. The molecule has 2 aromatic rings. The van der Waals surface area contributed by atoms with Gasteiger partial charge in [-0.2, -0.15) is 0 Å². The molecule has 0 radical (unpaired) electrons. The maximum atomic E-state index is 13.6. The van der Waals surface area contributed by atoms with Gasteiger partial charge in [-0.1, -0.05) is 23.2 Å². The minimum atomic E-state index is -1.29. The van der Waals surface area contributed by atoms with Crippen molar-refractivity contribution in [3.63, 3.8) is 0 Å². The van der Waals surface area contributed by atoms with Gasteiger partial charge in [-0.15, -0.1) is 11.3 Å². The maximum Gasteiger partial charge on any atom is 0.142 e. The molecule has 0 spiro atoms. The first-order chi connectivity index (χ1) is 8.40. The van der Waals surface area contributed by atoms with Crippen LogP contribution in [-0.4, -0.2) is 5.11 Å². The fourth-order valence-corrected chi connectivity index (χ4v) is 3.30. The SMILES string of the molecule is OC(c1cc(Cl)c(Br)s1)c1cc(F)c(Cl)cc1F. The van der Waals surface area contributed by atoms with Gasteiger partial charge in [0.05, 0.1) is 13.8 Å². The van der Waals surface area contributed by atoms with E-state index in [-0.39, 0.29) is 10.6 Å². The van der Waals surface area contributed by atoms with Gasteiger partial charge in [0.2, 0.25) is 0 Å². The van der Waals surface area contributed by atoms with Crippen LogP contribution in [0.5, 0.6) is 0 Å². The minimum absolute atomic E-state index is 0.178. The van der Waals surface area contributed by atoms with Crippen LogP contribution < -0.4 is 0 Å². The molecule has 1 atom stereocenters. The van der Waals surface area contributed by atoms with Crippen LogP contribution in [0.1, 0.15) is 16.5 Å². The average molecular weight is 374 g/mol. The molecule has 1 unspecified atom stereocenters. The van der Waals surface area contributed by atoms with E-state index in [9.17, 15) is 13.9 Å². The predicted octanol–water partition coefficient (Wildman–Crippen LogP) is 5.18. The Balaban J connectivity index is 2.45. The third-order valence-electron chi connectivity index (χ3n) is 2.27. The average Bonchev–Trinajstić information content (AvgIpc) is 2.63. The molecule has 0 saturated carbocycles. The Morgan fingerprint density at radius 1 is 1.11 bits per heavy atom. The van der Waals surface area contributed by atoms with Gasteiger partial charge in [0.25, 0.3) is 0 Å². The molecule has 0 fully saturated rings. The fourth-order valence-electron chi connectivity index (χ4n) is 1.40. The normalized spacial score (nSPS) is 12.8. The first kappa shape index (κ1) is 14.2. The topological polar surface area (TPSA) is 20.2 Å². The minimum Gasteiger partial charge on any atom is -0.383 e. The highest BCUT2D eigenvalue weighted by molar-refractivity contribution is 9.11. The molecule has 0 aliphatic carbocycles. The monoisotopic (exact) mass is 372 g/mol. The molecule has 0 saturated heterocycles. The molecular weight excluding hydrogens is 369 g/mol. The molecule has 0 bridgehead atoms. The number of rotatable bonds is 2. The molecule has 0 amide bonds. The summed E-state index contributed by atoms with van der Waals surface area (Å²) in [5.74, 6) is -1.55. The Bertz CT molecular complexity index is 583. The standard InChI is InChI=1S/C11H5BrCl2F2OS/c12-11-6(14)3-9(18-11)10(17)4-1-8(16)5(13)2-7(4)15/h1-3,10,17H. The van der Waals surface area contributed by atoms with Crippen molar-refractivity contribution in [1.82, 2.24) is 0 Å². The van der Waals surface area contributed by atoms with Crippen LogP contribution in [0.25, 0.3) is 0 Å². The van der Waals surface area contributed by atoms with E-state index >= 15 is 0 Å². The fraction of sp³-hybridized carbons (Fsp3) is 0.0909. The van der Waals surface area contributed by atoms with Crippen molar-refractivity contribution in [2.45, 2.75) is 6.10 Å². The summed E-state index contributed by atoms with van der Waals surface area (Å²) in [7, 11) is 0. The summed E-state index contributed by atoms with van der Waals surface area (Å²) >= 11 is 15.6. The van der Waals surface area contributed by atoms with Crippen LogP contribution in [0.2, 0.25) is 10.0 Å². The van der Waals surface area contributed by atoms with E-state index in [0.717, 1.165) is 23.5 Å². The maximum absolute atomic E-state index is 13.6. The number of hydrogen-bond donors (Lipinski definition) is 1. The Hall–Kier alpha value is -0.200. The molecule has 18 heavy (non-hydrogen) atoms. The molecule has 1 heterocycles. The zero-order chi connectivity index (χ0) is 13.4. The molecule has 7 heteroatoms. The highest BCUT2D eigenvalue weighted by atomic mass is 79.9. The lowest BCUT2D eigenvalue weighted by molar-refractivity contribution is 0.218. The number of aliphatic hydroxyl groups is 1. The molecule has 1 nitrogen and oxygen atoms in total. The van der Waals surface area contributed by atoms with Crippen LogP contribution in [0.15, 0.2) is 22.0 Å². The van der Waals surface area contributed by atoms with Crippen molar-refractivity contribution in [3.8, 4) is 0 Å². The third-order valence-corrected chi connectivity index (χ3v) is 5.08. The molecule has 2 rings (SSSR count). The summed E-state index contributed by atoms with van der Waals surface area (Å²) in [6, 6.07) is 3.20. The molecular formula is C11H5BrCl2F2OS. The van der Waals surface area contributed by atoms with E-state index in [2.05, 4.69) is 15.9 Å². The third kappa shape index (κ3) is 2.70.